The molecule has 4 heterocycles. The maximum Gasteiger partial charge on any atom is 0.453 e. The molecule has 0 saturated carbocycles. The van der Waals surface area contributed by atoms with E-state index < -0.39 is 12.0 Å². The molecule has 0 radical (unpaired) electrons. The normalized spacial score (nSPS) is 21.5. The van der Waals surface area contributed by atoms with E-state index >= 15 is 0 Å². The molecule has 1 unspecified atom stereocenters. The van der Waals surface area contributed by atoms with Crippen LogP contribution in [0, 0.1) is 11.8 Å². The van der Waals surface area contributed by atoms with Crippen molar-refractivity contribution in [3.05, 3.63) is 18.0 Å². The van der Waals surface area contributed by atoms with Gasteiger partial charge in [-0.15, -0.1) is 15.3 Å². The number of rotatable bonds is 5. The maximum absolute atomic E-state index is 13.1. The number of piperidine rings is 2. The van der Waals surface area contributed by atoms with Gasteiger partial charge in [0.1, 0.15) is 5.82 Å². The lowest BCUT2D eigenvalue weighted by atomic mass is 9.92. The summed E-state index contributed by atoms with van der Waals surface area (Å²) in [5.74, 6) is -0.0985. The average molecular weight is 468 g/mol. The van der Waals surface area contributed by atoms with Crippen molar-refractivity contribution in [1.29, 1.82) is 0 Å². The van der Waals surface area contributed by atoms with Crippen LogP contribution in [0.4, 0.5) is 19.0 Å². The van der Waals surface area contributed by atoms with Crippen molar-refractivity contribution in [2.75, 3.05) is 37.6 Å². The molecule has 4 rings (SSSR count). The van der Waals surface area contributed by atoms with Crippen LogP contribution >= 0.6 is 0 Å². The predicted octanol–water partition coefficient (Wildman–Crippen LogP) is 2.99. The van der Waals surface area contributed by atoms with E-state index in [2.05, 4.69) is 46.3 Å². The third kappa shape index (κ3) is 5.23. The lowest BCUT2D eigenvalue weighted by molar-refractivity contribution is -0.146. The molecule has 2 aromatic rings. The first-order valence-electron chi connectivity index (χ1n) is 11.6. The molecule has 1 amide bonds. The quantitative estimate of drug-likeness (QED) is 0.729. The second-order valence-electron chi connectivity index (χ2n) is 9.97. The van der Waals surface area contributed by atoms with Crippen LogP contribution in [0.5, 0.6) is 0 Å². The molecule has 2 fully saturated rings. The van der Waals surface area contributed by atoms with E-state index in [0.717, 1.165) is 17.6 Å². The van der Waals surface area contributed by atoms with Gasteiger partial charge in [0, 0.05) is 37.6 Å². The first-order chi connectivity index (χ1) is 15.5. The van der Waals surface area contributed by atoms with Crippen LogP contribution in [-0.2, 0) is 11.0 Å². The number of alkyl halides is 3. The van der Waals surface area contributed by atoms with Crippen LogP contribution < -0.4 is 10.2 Å². The molecule has 2 aromatic heterocycles. The highest BCUT2D eigenvalue weighted by atomic mass is 19.4. The van der Waals surface area contributed by atoms with Crippen LogP contribution in [0.2, 0.25) is 0 Å². The predicted molar refractivity (Wildman–Crippen MR) is 118 cm³/mol. The summed E-state index contributed by atoms with van der Waals surface area (Å²) in [7, 11) is 0. The Bertz CT molecular complexity index is 982. The van der Waals surface area contributed by atoms with Crippen molar-refractivity contribution in [3.63, 3.8) is 0 Å². The van der Waals surface area contributed by atoms with Gasteiger partial charge in [0.2, 0.25) is 5.91 Å². The lowest BCUT2D eigenvalue weighted by Gasteiger charge is -2.43. The van der Waals surface area contributed by atoms with Gasteiger partial charge in [0.15, 0.2) is 5.65 Å². The number of nitrogens with one attached hydrogen (secondary N) is 1. The molecule has 0 bridgehead atoms. The van der Waals surface area contributed by atoms with E-state index in [0.29, 0.717) is 44.2 Å². The Morgan fingerprint density at radius 1 is 1.12 bits per heavy atom. The topological polar surface area (TPSA) is 78.7 Å². The van der Waals surface area contributed by atoms with Crippen LogP contribution in [-0.4, -0.2) is 68.9 Å². The number of likely N-dealkylation sites (tertiary alicyclic amines) is 1. The smallest absolute Gasteiger partial charge is 0.355 e. The Hall–Kier alpha value is -2.43. The molecule has 33 heavy (non-hydrogen) atoms. The Morgan fingerprint density at radius 3 is 2.52 bits per heavy atom. The monoisotopic (exact) mass is 467 g/mol. The molecule has 0 spiro atoms. The summed E-state index contributed by atoms with van der Waals surface area (Å²) in [5, 5.41) is 14.0. The van der Waals surface area contributed by atoms with Gasteiger partial charge in [0.25, 0.3) is 5.82 Å². The van der Waals surface area contributed by atoms with Crippen LogP contribution in [0.3, 0.4) is 0 Å². The molecule has 1 atom stereocenters. The number of hydrogen-bond acceptors (Lipinski definition) is 6. The molecule has 8 nitrogen and oxygen atoms in total. The van der Waals surface area contributed by atoms with Crippen molar-refractivity contribution in [1.82, 2.24) is 30.0 Å². The number of carbonyl (C=O) groups is 1. The summed E-state index contributed by atoms with van der Waals surface area (Å²) in [5.41, 5.74) is -0.0505. The van der Waals surface area contributed by atoms with Gasteiger partial charge in [-0.1, -0.05) is 6.92 Å². The highest BCUT2D eigenvalue weighted by molar-refractivity contribution is 5.79. The molecule has 2 aliphatic heterocycles. The Kier molecular flexibility index (Phi) is 6.52. The molecule has 2 saturated heterocycles. The van der Waals surface area contributed by atoms with E-state index in [1.807, 2.05) is 4.90 Å². The summed E-state index contributed by atoms with van der Waals surface area (Å²) in [6.45, 7) is 10.4. The van der Waals surface area contributed by atoms with Gasteiger partial charge in [-0.2, -0.15) is 17.7 Å². The second-order valence-corrected chi connectivity index (χ2v) is 9.97. The molecular weight excluding hydrogens is 435 g/mol. The minimum absolute atomic E-state index is 0.0473. The minimum Gasteiger partial charge on any atom is -0.355 e. The van der Waals surface area contributed by atoms with Crippen molar-refractivity contribution in [2.24, 2.45) is 11.8 Å². The summed E-state index contributed by atoms with van der Waals surface area (Å²) >= 11 is 0. The van der Waals surface area contributed by atoms with Gasteiger partial charge in [-0.05, 0) is 64.1 Å². The Labute approximate surface area is 191 Å². The zero-order valence-corrected chi connectivity index (χ0v) is 19.4. The highest BCUT2D eigenvalue weighted by Gasteiger charge is 2.38. The van der Waals surface area contributed by atoms with Crippen LogP contribution in [0.15, 0.2) is 12.1 Å². The molecule has 2 aliphatic rings. The fourth-order valence-electron chi connectivity index (χ4n) is 4.79. The molecule has 11 heteroatoms. The maximum atomic E-state index is 13.1. The molecule has 1 N–H and O–H groups in total. The number of nitrogens with zero attached hydrogens (tertiary/aromatic N) is 6. The zero-order valence-electron chi connectivity index (χ0n) is 19.4. The number of hydrogen-bond donors (Lipinski definition) is 1. The fraction of sp³-hybridized carbons (Fsp3) is 0.727. The molecule has 0 aromatic carbocycles. The molecular formula is C22H32F3N7O. The van der Waals surface area contributed by atoms with E-state index in [1.54, 1.807) is 6.07 Å². The number of amides is 1. The Balaban J connectivity index is 1.32. The number of halogens is 3. The second kappa shape index (κ2) is 9.08. The highest BCUT2D eigenvalue weighted by Crippen LogP contribution is 2.29. The van der Waals surface area contributed by atoms with E-state index in [4.69, 9.17) is 0 Å². The van der Waals surface area contributed by atoms with Gasteiger partial charge >= 0.3 is 6.18 Å². The third-order valence-electron chi connectivity index (χ3n) is 6.90. The first kappa shape index (κ1) is 23.7. The van der Waals surface area contributed by atoms with Gasteiger partial charge in [-0.3, -0.25) is 9.69 Å². The third-order valence-corrected chi connectivity index (χ3v) is 6.90. The minimum atomic E-state index is -4.63. The summed E-state index contributed by atoms with van der Waals surface area (Å²) in [4.78, 5) is 17.2. The number of anilines is 1. The SMILES string of the molecule is CC1CCCN(C(C)(C)CNC(=O)C2CCN(c3ccc4nnc(C(F)(F)F)n4n3)CC2)C1. The largest absolute Gasteiger partial charge is 0.453 e. The molecule has 0 aliphatic carbocycles. The lowest BCUT2D eigenvalue weighted by Crippen LogP contribution is -2.55. The van der Waals surface area contributed by atoms with Crippen molar-refractivity contribution < 1.29 is 18.0 Å². The zero-order chi connectivity index (χ0) is 23.8. The Morgan fingerprint density at radius 2 is 1.85 bits per heavy atom. The fourth-order valence-corrected chi connectivity index (χ4v) is 4.79. The van der Waals surface area contributed by atoms with E-state index in [1.165, 1.54) is 18.9 Å². The summed E-state index contributed by atoms with van der Waals surface area (Å²) in [6.07, 6.45) is -0.928. The summed E-state index contributed by atoms with van der Waals surface area (Å²) in [6, 6.07) is 3.12. The first-order valence-corrected chi connectivity index (χ1v) is 11.6. The van der Waals surface area contributed by atoms with Crippen LogP contribution in [0.25, 0.3) is 5.65 Å². The van der Waals surface area contributed by atoms with Crippen LogP contribution in [0.1, 0.15) is 52.3 Å². The van der Waals surface area contributed by atoms with Crippen molar-refractivity contribution in [3.8, 4) is 0 Å². The van der Waals surface area contributed by atoms with E-state index in [9.17, 15) is 18.0 Å². The number of fused-ring (bicyclic) bond motifs is 1. The van der Waals surface area contributed by atoms with E-state index in [-0.39, 0.29) is 23.0 Å². The molecule has 182 valence electrons. The van der Waals surface area contributed by atoms with Crippen molar-refractivity contribution >= 4 is 17.4 Å². The van der Waals surface area contributed by atoms with Gasteiger partial charge < -0.3 is 10.2 Å². The standard InChI is InChI=1S/C22H32F3N7O/c1-15-5-4-10-31(13-15)21(2,3)14-26-19(33)16-8-11-30(12-9-16)18-7-6-17-27-28-20(22(23,24)25)32(17)29-18/h6-7,15-16H,4-5,8-14H2,1-3H3,(H,26,33). The van der Waals surface area contributed by atoms with Crippen molar-refractivity contribution in [2.45, 2.75) is 58.2 Å². The average Bonchev–Trinajstić information content (AvgIpc) is 3.21. The number of aromatic nitrogens is 4. The van der Waals surface area contributed by atoms with Gasteiger partial charge in [-0.25, -0.2) is 0 Å². The number of carbonyl (C=O) groups excluding carboxylic acids is 1. The summed E-state index contributed by atoms with van der Waals surface area (Å²) < 4.78 is 40.1. The van der Waals surface area contributed by atoms with Gasteiger partial charge in [0.05, 0.1) is 0 Å².